The van der Waals surface area contributed by atoms with Crippen molar-refractivity contribution in [2.45, 2.75) is 45.4 Å². The van der Waals surface area contributed by atoms with E-state index in [4.69, 9.17) is 44.3 Å². The molecule has 0 heterocycles. The Balaban J connectivity index is 1.99. The first-order chi connectivity index (χ1) is 13.9. The normalized spacial score (nSPS) is 10.6. The number of carbonyl (C=O) groups excluding carboxylic acids is 2. The molecule has 156 valence electrons. The SMILES string of the molecule is CCCCCCCCOC(=O)c1ccccc1C(=O)Oc1cc(Cl)c(Cl)cc1Cl. The van der Waals surface area contributed by atoms with Crippen LogP contribution in [0.3, 0.4) is 0 Å². The molecule has 0 unspecified atom stereocenters. The molecule has 0 saturated carbocycles. The van der Waals surface area contributed by atoms with Crippen LogP contribution < -0.4 is 4.74 Å². The Morgan fingerprint density at radius 1 is 0.793 bits per heavy atom. The molecule has 0 aliphatic carbocycles. The molecule has 7 heteroatoms. The summed E-state index contributed by atoms with van der Waals surface area (Å²) in [5.74, 6) is -1.25. The monoisotopic (exact) mass is 456 g/mol. The van der Waals surface area contributed by atoms with Crippen molar-refractivity contribution in [2.24, 2.45) is 0 Å². The van der Waals surface area contributed by atoms with E-state index < -0.39 is 11.9 Å². The smallest absolute Gasteiger partial charge is 0.344 e. The Hall–Kier alpha value is -1.75. The summed E-state index contributed by atoms with van der Waals surface area (Å²) in [5.41, 5.74) is 0.224. The van der Waals surface area contributed by atoms with Crippen molar-refractivity contribution in [1.29, 1.82) is 0 Å². The lowest BCUT2D eigenvalue weighted by molar-refractivity contribution is 0.0489. The number of benzene rings is 2. The van der Waals surface area contributed by atoms with Crippen molar-refractivity contribution in [3.63, 3.8) is 0 Å². The molecule has 0 aliphatic rings. The van der Waals surface area contributed by atoms with Gasteiger partial charge in [0.05, 0.1) is 32.8 Å². The third-order valence-electron chi connectivity index (χ3n) is 4.28. The van der Waals surface area contributed by atoms with Crippen LogP contribution in [0.15, 0.2) is 36.4 Å². The van der Waals surface area contributed by atoms with Gasteiger partial charge < -0.3 is 9.47 Å². The first-order valence-electron chi connectivity index (χ1n) is 9.57. The van der Waals surface area contributed by atoms with Crippen molar-refractivity contribution in [3.8, 4) is 5.75 Å². The average Bonchev–Trinajstić information content (AvgIpc) is 2.71. The summed E-state index contributed by atoms with van der Waals surface area (Å²) in [7, 11) is 0. The van der Waals surface area contributed by atoms with Gasteiger partial charge in [-0.1, -0.05) is 86.0 Å². The van der Waals surface area contributed by atoms with E-state index in [0.717, 1.165) is 19.3 Å². The minimum Gasteiger partial charge on any atom is -0.462 e. The second kappa shape index (κ2) is 12.1. The Kier molecular flexibility index (Phi) is 9.79. The highest BCUT2D eigenvalue weighted by Gasteiger charge is 2.21. The minimum absolute atomic E-state index is 0.0568. The molecular formula is C22H23Cl3O4. The molecule has 0 N–H and O–H groups in total. The second-order valence-electron chi connectivity index (χ2n) is 6.54. The number of hydrogen-bond donors (Lipinski definition) is 0. The van der Waals surface area contributed by atoms with Gasteiger partial charge in [0.25, 0.3) is 0 Å². The van der Waals surface area contributed by atoms with Gasteiger partial charge in [0, 0.05) is 6.07 Å². The fourth-order valence-corrected chi connectivity index (χ4v) is 3.28. The fourth-order valence-electron chi connectivity index (χ4n) is 2.70. The summed E-state index contributed by atoms with van der Waals surface area (Å²) in [6.45, 7) is 2.48. The molecule has 0 amide bonds. The van der Waals surface area contributed by atoms with Crippen LogP contribution in [0, 0.1) is 0 Å². The van der Waals surface area contributed by atoms with Gasteiger partial charge >= 0.3 is 11.9 Å². The van der Waals surface area contributed by atoms with Gasteiger partial charge in [0.15, 0.2) is 5.75 Å². The van der Waals surface area contributed by atoms with Gasteiger partial charge in [0.1, 0.15) is 0 Å². The average molecular weight is 458 g/mol. The highest BCUT2D eigenvalue weighted by atomic mass is 35.5. The summed E-state index contributed by atoms with van der Waals surface area (Å²) in [6, 6.07) is 9.05. The Labute approximate surface area is 186 Å². The van der Waals surface area contributed by atoms with Crippen LogP contribution in [0.1, 0.15) is 66.2 Å². The molecule has 0 saturated heterocycles. The topological polar surface area (TPSA) is 52.6 Å². The van der Waals surface area contributed by atoms with Gasteiger partial charge in [-0.05, 0) is 24.6 Å². The van der Waals surface area contributed by atoms with Crippen molar-refractivity contribution in [3.05, 3.63) is 62.6 Å². The number of esters is 2. The zero-order valence-electron chi connectivity index (χ0n) is 16.2. The van der Waals surface area contributed by atoms with Crippen LogP contribution in [-0.4, -0.2) is 18.5 Å². The molecule has 0 fully saturated rings. The number of ether oxygens (including phenoxy) is 2. The lowest BCUT2D eigenvalue weighted by Gasteiger charge is -2.11. The zero-order valence-corrected chi connectivity index (χ0v) is 18.4. The third-order valence-corrected chi connectivity index (χ3v) is 5.29. The predicted octanol–water partition coefficient (Wildman–Crippen LogP) is 7.38. The van der Waals surface area contributed by atoms with E-state index in [2.05, 4.69) is 6.92 Å². The number of rotatable bonds is 10. The molecule has 2 aromatic carbocycles. The Morgan fingerprint density at radius 3 is 2.07 bits per heavy atom. The van der Waals surface area contributed by atoms with Crippen LogP contribution in [0.2, 0.25) is 15.1 Å². The Morgan fingerprint density at radius 2 is 1.38 bits per heavy atom. The molecule has 4 nitrogen and oxygen atoms in total. The predicted molar refractivity (Wildman–Crippen MR) is 117 cm³/mol. The molecule has 0 aliphatic heterocycles. The minimum atomic E-state index is -0.739. The molecule has 0 spiro atoms. The molecule has 29 heavy (non-hydrogen) atoms. The number of halogens is 3. The van der Waals surface area contributed by atoms with Crippen LogP contribution >= 0.6 is 34.8 Å². The van der Waals surface area contributed by atoms with Gasteiger partial charge in [-0.25, -0.2) is 9.59 Å². The summed E-state index contributed by atoms with van der Waals surface area (Å²) >= 11 is 17.9. The van der Waals surface area contributed by atoms with Crippen molar-refractivity contribution in [1.82, 2.24) is 0 Å². The molecule has 0 radical (unpaired) electrons. The van der Waals surface area contributed by atoms with Crippen molar-refractivity contribution >= 4 is 46.7 Å². The summed E-state index contributed by atoms with van der Waals surface area (Å²) in [5, 5.41) is 0.580. The number of unbranched alkanes of at least 4 members (excludes halogenated alkanes) is 5. The van der Waals surface area contributed by atoms with Crippen LogP contribution in [0.4, 0.5) is 0 Å². The maximum absolute atomic E-state index is 12.6. The van der Waals surface area contributed by atoms with Gasteiger partial charge in [-0.2, -0.15) is 0 Å². The van der Waals surface area contributed by atoms with Crippen LogP contribution in [0.25, 0.3) is 0 Å². The summed E-state index contributed by atoms with van der Waals surface area (Å²) in [6.07, 6.45) is 6.52. The molecule has 0 aromatic heterocycles. The van der Waals surface area contributed by atoms with E-state index in [1.807, 2.05) is 0 Å². The molecule has 0 atom stereocenters. The fraction of sp³-hybridized carbons (Fsp3) is 0.364. The van der Waals surface area contributed by atoms with Gasteiger partial charge in [0.2, 0.25) is 0 Å². The highest BCUT2D eigenvalue weighted by molar-refractivity contribution is 6.43. The maximum Gasteiger partial charge on any atom is 0.344 e. The van der Waals surface area contributed by atoms with Gasteiger partial charge in [-0.15, -0.1) is 0 Å². The quantitative estimate of drug-likeness (QED) is 0.162. The van der Waals surface area contributed by atoms with E-state index in [0.29, 0.717) is 6.61 Å². The van der Waals surface area contributed by atoms with Crippen LogP contribution in [0.5, 0.6) is 5.75 Å². The second-order valence-corrected chi connectivity index (χ2v) is 7.76. The zero-order chi connectivity index (χ0) is 21.2. The largest absolute Gasteiger partial charge is 0.462 e. The molecular weight excluding hydrogens is 435 g/mol. The third kappa shape index (κ3) is 7.22. The maximum atomic E-state index is 12.6. The number of hydrogen-bond acceptors (Lipinski definition) is 4. The van der Waals surface area contributed by atoms with E-state index in [1.54, 1.807) is 12.1 Å². The van der Waals surface area contributed by atoms with E-state index in [9.17, 15) is 9.59 Å². The van der Waals surface area contributed by atoms with Crippen LogP contribution in [-0.2, 0) is 4.74 Å². The summed E-state index contributed by atoms with van der Waals surface area (Å²) < 4.78 is 10.6. The van der Waals surface area contributed by atoms with Crippen molar-refractivity contribution < 1.29 is 19.1 Å². The lowest BCUT2D eigenvalue weighted by Crippen LogP contribution is -2.16. The lowest BCUT2D eigenvalue weighted by atomic mass is 10.1. The number of carbonyl (C=O) groups is 2. The van der Waals surface area contributed by atoms with E-state index in [-0.39, 0.29) is 31.9 Å². The Bertz CT molecular complexity index is 852. The first kappa shape index (κ1) is 23.5. The van der Waals surface area contributed by atoms with E-state index >= 15 is 0 Å². The highest BCUT2D eigenvalue weighted by Crippen LogP contribution is 2.34. The molecule has 2 rings (SSSR count). The van der Waals surface area contributed by atoms with Gasteiger partial charge in [-0.3, -0.25) is 0 Å². The van der Waals surface area contributed by atoms with Crippen molar-refractivity contribution in [2.75, 3.05) is 6.61 Å². The summed E-state index contributed by atoms with van der Waals surface area (Å²) in [4.78, 5) is 25.0. The molecule has 0 bridgehead atoms. The standard InChI is InChI=1S/C22H23Cl3O4/c1-2-3-4-5-6-9-12-28-21(26)15-10-7-8-11-16(15)22(27)29-20-14-18(24)17(23)13-19(20)25/h7-8,10-11,13-14H,2-6,9,12H2,1H3. The molecule has 2 aromatic rings. The first-order valence-corrected chi connectivity index (χ1v) is 10.7. The van der Waals surface area contributed by atoms with E-state index in [1.165, 1.54) is 43.5 Å².